The molecular weight excluding hydrogens is 502 g/mol. The van der Waals surface area contributed by atoms with Gasteiger partial charge < -0.3 is 25.4 Å². The average molecular weight is 538 g/mol. The lowest BCUT2D eigenvalue weighted by Gasteiger charge is -2.05. The van der Waals surface area contributed by atoms with Gasteiger partial charge in [-0.2, -0.15) is 0 Å². The van der Waals surface area contributed by atoms with Crippen LogP contribution in [-0.2, 0) is 35.1 Å². The highest BCUT2D eigenvalue weighted by molar-refractivity contribution is 6.63. The smallest absolute Gasteiger partial charge is 0.306 e. The van der Waals surface area contributed by atoms with Gasteiger partial charge in [-0.1, -0.05) is 23.8 Å². The summed E-state index contributed by atoms with van der Waals surface area (Å²) >= 11 is 4.98. The van der Waals surface area contributed by atoms with Crippen molar-refractivity contribution in [1.82, 2.24) is 0 Å². The first-order chi connectivity index (χ1) is 17.4. The number of rotatable bonds is 10. The minimum Gasteiger partial charge on any atom is -0.508 e. The lowest BCUT2D eigenvalue weighted by atomic mass is 10.0. The summed E-state index contributed by atoms with van der Waals surface area (Å²) in [6.45, 7) is 7.92. The van der Waals surface area contributed by atoms with Gasteiger partial charge in [0.15, 0.2) is 0 Å². The van der Waals surface area contributed by atoms with E-state index in [1.165, 1.54) is 0 Å². The van der Waals surface area contributed by atoms with Gasteiger partial charge >= 0.3 is 11.9 Å². The van der Waals surface area contributed by atoms with E-state index in [0.717, 1.165) is 11.1 Å². The van der Waals surface area contributed by atoms with Crippen molar-refractivity contribution < 1.29 is 38.9 Å². The normalized spacial score (nSPS) is 9.65. The van der Waals surface area contributed by atoms with Crippen LogP contribution in [0.3, 0.4) is 0 Å². The maximum atomic E-state index is 11.7. The maximum Gasteiger partial charge on any atom is 0.306 e. The number of aryl methyl sites for hydroxylation is 2. The third-order valence-electron chi connectivity index (χ3n) is 4.55. The largest absolute Gasteiger partial charge is 0.508 e. The molecule has 10 heteroatoms. The fourth-order valence-corrected chi connectivity index (χ4v) is 2.83. The summed E-state index contributed by atoms with van der Waals surface area (Å²) < 4.78 is 9.29. The van der Waals surface area contributed by atoms with Crippen molar-refractivity contribution in [3.8, 4) is 11.5 Å². The molecule has 2 aromatic carbocycles. The first-order valence-corrected chi connectivity index (χ1v) is 12.1. The minimum absolute atomic E-state index is 0.0559. The number of benzene rings is 2. The molecule has 0 fully saturated rings. The first-order valence-electron chi connectivity index (χ1n) is 11.7. The van der Waals surface area contributed by atoms with Gasteiger partial charge in [-0.25, -0.2) is 0 Å². The fraction of sp³-hybridized carbons (Fsp3) is 0.407. The van der Waals surface area contributed by atoms with E-state index in [-0.39, 0.29) is 61.3 Å². The van der Waals surface area contributed by atoms with Gasteiger partial charge in [-0.05, 0) is 63.1 Å². The predicted octanol–water partition coefficient (Wildman–Crippen LogP) is 4.53. The second kappa shape index (κ2) is 18.6. The highest BCUT2D eigenvalue weighted by Gasteiger charge is 2.11. The molecule has 0 radical (unpaired) electrons. The van der Waals surface area contributed by atoms with Crippen molar-refractivity contribution >= 4 is 40.3 Å². The van der Waals surface area contributed by atoms with Crippen LogP contribution in [0.15, 0.2) is 36.4 Å². The number of ether oxygens (including phenoxy) is 2. The molecule has 37 heavy (non-hydrogen) atoms. The van der Waals surface area contributed by atoms with Crippen LogP contribution in [0.4, 0.5) is 5.69 Å². The molecule has 0 aliphatic carbocycles. The van der Waals surface area contributed by atoms with E-state index in [4.69, 9.17) is 27.2 Å². The number of phenols is 2. The third kappa shape index (κ3) is 16.7. The number of carbonyl (C=O) groups excluding carboxylic acids is 4. The molecule has 0 aliphatic rings. The Morgan fingerprint density at radius 3 is 1.73 bits per heavy atom. The van der Waals surface area contributed by atoms with Crippen molar-refractivity contribution in [3.63, 3.8) is 0 Å². The second-order valence-electron chi connectivity index (χ2n) is 7.88. The van der Waals surface area contributed by atoms with Crippen LogP contribution in [0.5, 0.6) is 11.5 Å². The molecule has 2 aromatic rings. The Morgan fingerprint density at radius 1 is 0.784 bits per heavy atom. The van der Waals surface area contributed by atoms with Crippen LogP contribution in [0.1, 0.15) is 56.2 Å². The van der Waals surface area contributed by atoms with Gasteiger partial charge in [0.2, 0.25) is 5.24 Å². The molecule has 0 atom stereocenters. The Kier molecular flexibility index (Phi) is 16.8. The summed E-state index contributed by atoms with van der Waals surface area (Å²) in [5.41, 5.74) is 8.46. The van der Waals surface area contributed by atoms with Crippen LogP contribution in [-0.4, -0.2) is 46.4 Å². The standard InChI is InChI=1S/C14H18O4.C7H9NO.C6H9ClO3/c1-3-18-14(17)7-5-12(15)9-11-8-10(2)4-6-13(11)16;1-5-2-3-7(9)6(8)4-5;1-2-10-6(9)4-3-5(7)8/h4,6,8,16H,3,5,7,9H2,1-2H3;2-4,9H,8H2,1H3;2-4H2,1H3. The Labute approximate surface area is 222 Å². The summed E-state index contributed by atoms with van der Waals surface area (Å²) in [5, 5.41) is 18.0. The zero-order chi connectivity index (χ0) is 28.4. The number of halogens is 1. The van der Waals surface area contributed by atoms with Crippen LogP contribution in [0, 0.1) is 13.8 Å². The van der Waals surface area contributed by atoms with Gasteiger partial charge in [0.25, 0.3) is 0 Å². The second-order valence-corrected chi connectivity index (χ2v) is 8.30. The Morgan fingerprint density at radius 2 is 1.27 bits per heavy atom. The number of nitrogens with two attached hydrogens (primary N) is 1. The zero-order valence-corrected chi connectivity index (χ0v) is 22.5. The van der Waals surface area contributed by atoms with Gasteiger partial charge in [0.1, 0.15) is 17.3 Å². The topological polar surface area (TPSA) is 153 Å². The summed E-state index contributed by atoms with van der Waals surface area (Å²) in [6, 6.07) is 10.3. The number of anilines is 1. The number of Topliss-reactive ketones (excluding diaryl/α,β-unsaturated/α-hetero) is 1. The Hall–Kier alpha value is -3.59. The van der Waals surface area contributed by atoms with Crippen LogP contribution in [0.2, 0.25) is 0 Å². The lowest BCUT2D eigenvalue weighted by Crippen LogP contribution is -2.09. The predicted molar refractivity (Wildman–Crippen MR) is 141 cm³/mol. The number of aromatic hydroxyl groups is 2. The average Bonchev–Trinajstić information content (AvgIpc) is 2.82. The molecule has 9 nitrogen and oxygen atoms in total. The molecule has 0 amide bonds. The number of esters is 2. The van der Waals surface area contributed by atoms with Crippen molar-refractivity contribution in [2.24, 2.45) is 0 Å². The monoisotopic (exact) mass is 537 g/mol. The van der Waals surface area contributed by atoms with Crippen molar-refractivity contribution in [3.05, 3.63) is 53.1 Å². The molecule has 0 saturated heterocycles. The van der Waals surface area contributed by atoms with Crippen molar-refractivity contribution in [1.29, 1.82) is 0 Å². The number of hydrogen-bond donors (Lipinski definition) is 3. The Bertz CT molecular complexity index is 1040. The van der Waals surface area contributed by atoms with Gasteiger partial charge in [0, 0.05) is 24.8 Å². The van der Waals surface area contributed by atoms with Gasteiger partial charge in [-0.15, -0.1) is 0 Å². The van der Waals surface area contributed by atoms with Crippen LogP contribution >= 0.6 is 11.6 Å². The zero-order valence-electron chi connectivity index (χ0n) is 21.7. The molecule has 204 valence electrons. The summed E-state index contributed by atoms with van der Waals surface area (Å²) in [7, 11) is 0. The number of carbonyl (C=O) groups is 4. The summed E-state index contributed by atoms with van der Waals surface area (Å²) in [5.74, 6) is -0.551. The van der Waals surface area contributed by atoms with Crippen molar-refractivity contribution in [2.45, 2.75) is 59.8 Å². The molecule has 2 rings (SSSR count). The van der Waals surface area contributed by atoms with E-state index in [1.807, 2.05) is 19.9 Å². The van der Waals surface area contributed by atoms with E-state index in [2.05, 4.69) is 4.74 Å². The molecule has 0 bridgehead atoms. The van der Waals surface area contributed by atoms with E-state index in [0.29, 0.717) is 24.5 Å². The number of phenolic OH excluding ortho intramolecular Hbond substituents is 2. The van der Waals surface area contributed by atoms with Crippen LogP contribution in [0.25, 0.3) is 0 Å². The summed E-state index contributed by atoms with van der Waals surface area (Å²) in [4.78, 5) is 43.4. The molecule has 0 spiro atoms. The van der Waals surface area contributed by atoms with Crippen LogP contribution < -0.4 is 5.73 Å². The summed E-state index contributed by atoms with van der Waals surface area (Å²) in [6.07, 6.45) is 0.523. The molecular formula is C27H36ClNO8. The fourth-order valence-electron chi connectivity index (χ4n) is 2.74. The maximum absolute atomic E-state index is 11.7. The van der Waals surface area contributed by atoms with Gasteiger partial charge in [0.05, 0.1) is 31.7 Å². The molecule has 0 unspecified atom stereocenters. The van der Waals surface area contributed by atoms with E-state index in [9.17, 15) is 24.3 Å². The van der Waals surface area contributed by atoms with Crippen molar-refractivity contribution in [2.75, 3.05) is 18.9 Å². The Balaban J connectivity index is 0.000000577. The molecule has 0 heterocycles. The molecule has 0 saturated carbocycles. The minimum atomic E-state index is -0.506. The van der Waals surface area contributed by atoms with E-state index < -0.39 is 5.24 Å². The molecule has 0 aromatic heterocycles. The third-order valence-corrected chi connectivity index (χ3v) is 4.74. The lowest BCUT2D eigenvalue weighted by molar-refractivity contribution is -0.144. The van der Waals surface area contributed by atoms with E-state index >= 15 is 0 Å². The van der Waals surface area contributed by atoms with E-state index in [1.54, 1.807) is 44.2 Å². The molecule has 0 aliphatic heterocycles. The SMILES string of the molecule is CCOC(=O)CCC(=O)Cc1cc(C)ccc1O.CCOC(=O)CCC(=O)Cl.Cc1ccc(O)c(N)c1. The quantitative estimate of drug-likeness (QED) is 0.171. The molecule has 4 N–H and O–H groups in total. The highest BCUT2D eigenvalue weighted by atomic mass is 35.5. The number of ketones is 1. The first kappa shape index (κ1) is 33.4. The highest BCUT2D eigenvalue weighted by Crippen LogP contribution is 2.20. The van der Waals surface area contributed by atoms with Gasteiger partial charge in [-0.3, -0.25) is 19.2 Å². The number of nitrogen functional groups attached to an aromatic ring is 1. The number of hydrogen-bond acceptors (Lipinski definition) is 9.